The Morgan fingerprint density at radius 2 is 2.00 bits per heavy atom. The number of hydrogen-bond donors (Lipinski definition) is 3. The zero-order chi connectivity index (χ0) is 18.7. The van der Waals surface area contributed by atoms with Gasteiger partial charge in [-0.3, -0.25) is 0 Å². The van der Waals surface area contributed by atoms with Gasteiger partial charge in [0.05, 0.1) is 17.7 Å². The number of hydrogen-bond acceptors (Lipinski definition) is 6. The van der Waals surface area contributed by atoms with Gasteiger partial charge < -0.3 is 20.5 Å². The lowest BCUT2D eigenvalue weighted by Crippen LogP contribution is -2.39. The zero-order valence-electron chi connectivity index (χ0n) is 14.5. The lowest BCUT2D eigenvalue weighted by molar-refractivity contribution is 0.177. The fourth-order valence-electron chi connectivity index (χ4n) is 3.24. The van der Waals surface area contributed by atoms with Crippen LogP contribution in [-0.2, 0) is 10.0 Å². The highest BCUT2D eigenvalue weighted by Gasteiger charge is 2.36. The van der Waals surface area contributed by atoms with Crippen molar-refractivity contribution in [3.63, 3.8) is 0 Å². The molecule has 1 saturated heterocycles. The normalized spacial score (nSPS) is 20.8. The summed E-state index contributed by atoms with van der Waals surface area (Å²) < 4.78 is 33.3. The van der Waals surface area contributed by atoms with Crippen LogP contribution in [0.4, 0.5) is 5.69 Å². The quantitative estimate of drug-likeness (QED) is 0.682. The third-order valence-electron chi connectivity index (χ3n) is 4.55. The highest BCUT2D eigenvalue weighted by atomic mass is 32.2. The summed E-state index contributed by atoms with van der Waals surface area (Å²) in [6.45, 7) is 1.74. The Kier molecular flexibility index (Phi) is 5.36. The van der Waals surface area contributed by atoms with E-state index >= 15 is 0 Å². The van der Waals surface area contributed by atoms with Gasteiger partial charge in [-0.05, 0) is 43.3 Å². The highest BCUT2D eigenvalue weighted by Crippen LogP contribution is 2.41. The van der Waals surface area contributed by atoms with Crippen molar-refractivity contribution in [3.8, 4) is 11.5 Å². The maximum Gasteiger partial charge on any atom is 0.238 e. The third-order valence-corrected chi connectivity index (χ3v) is 5.46. The molecule has 2 aromatic carbocycles. The lowest BCUT2D eigenvalue weighted by Gasteiger charge is -2.24. The molecule has 0 spiro atoms. The molecule has 0 saturated carbocycles. The maximum absolute atomic E-state index is 11.3. The summed E-state index contributed by atoms with van der Waals surface area (Å²) in [6.07, 6.45) is 1.08. The first kappa shape index (κ1) is 18.5. The summed E-state index contributed by atoms with van der Waals surface area (Å²) in [5.41, 5.74) is 7.16. The van der Waals surface area contributed by atoms with E-state index in [4.69, 9.17) is 20.3 Å². The Bertz CT molecular complexity index is 886. The molecule has 0 bridgehead atoms. The average Bonchev–Trinajstić information content (AvgIpc) is 3.00. The van der Waals surface area contributed by atoms with E-state index in [1.54, 1.807) is 25.3 Å². The fourth-order valence-corrected chi connectivity index (χ4v) is 3.79. The number of primary sulfonamides is 1. The molecule has 140 valence electrons. The van der Waals surface area contributed by atoms with E-state index < -0.39 is 10.0 Å². The van der Waals surface area contributed by atoms with E-state index in [1.807, 2.05) is 18.2 Å². The van der Waals surface area contributed by atoms with E-state index in [9.17, 15) is 8.42 Å². The van der Waals surface area contributed by atoms with Crippen LogP contribution in [0.2, 0.25) is 0 Å². The van der Waals surface area contributed by atoms with Gasteiger partial charge in [0.15, 0.2) is 0 Å². The fraction of sp³-hybridized carbons (Fsp3) is 0.333. The van der Waals surface area contributed by atoms with Crippen molar-refractivity contribution in [1.29, 1.82) is 0 Å². The number of benzene rings is 2. The van der Waals surface area contributed by atoms with Crippen LogP contribution in [0.5, 0.6) is 11.5 Å². The lowest BCUT2D eigenvalue weighted by atomic mass is 9.90. The molecular formula is C18H23N3O4S. The molecule has 5 N–H and O–H groups in total. The van der Waals surface area contributed by atoms with Crippen LogP contribution in [0.15, 0.2) is 47.4 Å². The maximum atomic E-state index is 11.3. The van der Waals surface area contributed by atoms with Crippen LogP contribution in [-0.4, -0.2) is 34.7 Å². The number of sulfonamides is 1. The van der Waals surface area contributed by atoms with Crippen LogP contribution in [0, 0.1) is 0 Å². The highest BCUT2D eigenvalue weighted by molar-refractivity contribution is 7.89. The predicted molar refractivity (Wildman–Crippen MR) is 99.9 cm³/mol. The summed E-state index contributed by atoms with van der Waals surface area (Å²) >= 11 is 0. The molecule has 0 amide bonds. The first-order chi connectivity index (χ1) is 12.4. The smallest absolute Gasteiger partial charge is 0.238 e. The van der Waals surface area contributed by atoms with E-state index in [1.165, 1.54) is 6.07 Å². The number of piperidine rings is 1. The van der Waals surface area contributed by atoms with Crippen molar-refractivity contribution >= 4 is 15.7 Å². The van der Waals surface area contributed by atoms with Crippen molar-refractivity contribution in [2.75, 3.05) is 25.9 Å². The molecule has 2 atom stereocenters. The number of nitrogen functional groups attached to an aromatic ring is 1. The Hall–Kier alpha value is -2.29. The van der Waals surface area contributed by atoms with Crippen LogP contribution in [0.1, 0.15) is 17.9 Å². The summed E-state index contributed by atoms with van der Waals surface area (Å²) in [7, 11) is -2.03. The summed E-state index contributed by atoms with van der Waals surface area (Å²) in [4.78, 5) is 0.166. The SMILES string of the molecule is COc1ccccc1N.NS(=O)(=O)c1ccc2c(c1)C1CCNCC1O2. The van der Waals surface area contributed by atoms with Crippen molar-refractivity contribution in [2.45, 2.75) is 23.3 Å². The second kappa shape index (κ2) is 7.53. The van der Waals surface area contributed by atoms with Gasteiger partial charge in [0, 0.05) is 18.0 Å². The molecular weight excluding hydrogens is 354 g/mol. The summed E-state index contributed by atoms with van der Waals surface area (Å²) in [5, 5.41) is 8.41. The van der Waals surface area contributed by atoms with Gasteiger partial charge in [-0.2, -0.15) is 0 Å². The molecule has 2 heterocycles. The predicted octanol–water partition coefficient (Wildman–Crippen LogP) is 1.45. The molecule has 0 aliphatic carbocycles. The molecule has 2 unspecified atom stereocenters. The molecule has 2 aliphatic rings. The van der Waals surface area contributed by atoms with Gasteiger partial charge in [0.25, 0.3) is 0 Å². The van der Waals surface area contributed by atoms with E-state index in [-0.39, 0.29) is 16.9 Å². The zero-order valence-corrected chi connectivity index (χ0v) is 15.3. The van der Waals surface area contributed by atoms with E-state index in [2.05, 4.69) is 5.32 Å². The second-order valence-electron chi connectivity index (χ2n) is 6.24. The Morgan fingerprint density at radius 3 is 2.65 bits per heavy atom. The number of anilines is 1. The summed E-state index contributed by atoms with van der Waals surface area (Å²) in [5.74, 6) is 1.81. The van der Waals surface area contributed by atoms with Crippen LogP contribution in [0.25, 0.3) is 0 Å². The number of methoxy groups -OCH3 is 1. The minimum atomic E-state index is -3.63. The molecule has 1 fully saturated rings. The molecule has 0 aromatic heterocycles. The van der Waals surface area contributed by atoms with Crippen LogP contribution in [0.3, 0.4) is 0 Å². The average molecular weight is 377 g/mol. The molecule has 7 nitrogen and oxygen atoms in total. The van der Waals surface area contributed by atoms with Gasteiger partial charge in [-0.15, -0.1) is 0 Å². The van der Waals surface area contributed by atoms with E-state index in [0.29, 0.717) is 5.69 Å². The first-order valence-electron chi connectivity index (χ1n) is 8.33. The largest absolute Gasteiger partial charge is 0.495 e. The number of nitrogens with two attached hydrogens (primary N) is 2. The van der Waals surface area contributed by atoms with Gasteiger partial charge in [0.2, 0.25) is 10.0 Å². The van der Waals surface area contributed by atoms with Crippen LogP contribution < -0.4 is 25.7 Å². The molecule has 2 aliphatic heterocycles. The first-order valence-corrected chi connectivity index (χ1v) is 9.87. The Morgan fingerprint density at radius 1 is 1.23 bits per heavy atom. The molecule has 26 heavy (non-hydrogen) atoms. The van der Waals surface area contributed by atoms with Crippen molar-refractivity contribution in [1.82, 2.24) is 5.32 Å². The van der Waals surface area contributed by atoms with Gasteiger partial charge in [-0.1, -0.05) is 12.1 Å². The second-order valence-corrected chi connectivity index (χ2v) is 7.80. The summed E-state index contributed by atoms with van der Waals surface area (Å²) in [6, 6.07) is 12.2. The van der Waals surface area contributed by atoms with Gasteiger partial charge in [-0.25, -0.2) is 13.6 Å². The van der Waals surface area contributed by atoms with Crippen molar-refractivity contribution < 1.29 is 17.9 Å². The molecule has 0 radical (unpaired) electrons. The van der Waals surface area contributed by atoms with Crippen molar-refractivity contribution in [3.05, 3.63) is 48.0 Å². The van der Waals surface area contributed by atoms with Gasteiger partial charge >= 0.3 is 0 Å². The topological polar surface area (TPSA) is 117 Å². The minimum absolute atomic E-state index is 0.120. The number of nitrogens with one attached hydrogen (secondary N) is 1. The Labute approximate surface area is 153 Å². The van der Waals surface area contributed by atoms with Gasteiger partial charge in [0.1, 0.15) is 17.6 Å². The number of para-hydroxylation sites is 2. The standard InChI is InChI=1S/C11H14N2O3S.C7H9NO/c12-17(14,15)7-1-2-10-9(5-7)8-3-4-13-6-11(8)16-10;1-9-7-5-3-2-4-6(7)8/h1-2,5,8,11,13H,3-4,6H2,(H2,12,14,15);2-5H,8H2,1H3. The van der Waals surface area contributed by atoms with Crippen LogP contribution >= 0.6 is 0 Å². The molecule has 4 rings (SSSR count). The number of rotatable bonds is 2. The molecule has 2 aromatic rings. The molecule has 8 heteroatoms. The van der Waals surface area contributed by atoms with E-state index in [0.717, 1.165) is 36.6 Å². The monoisotopic (exact) mass is 377 g/mol. The number of ether oxygens (including phenoxy) is 2. The number of fused-ring (bicyclic) bond motifs is 3. The minimum Gasteiger partial charge on any atom is -0.495 e. The van der Waals surface area contributed by atoms with Crippen molar-refractivity contribution in [2.24, 2.45) is 5.14 Å². The Balaban J connectivity index is 0.000000185. The third kappa shape index (κ3) is 3.92.